The fourth-order valence-electron chi connectivity index (χ4n) is 2.21. The lowest BCUT2D eigenvalue weighted by Gasteiger charge is -2.34. The molecule has 6 heteroatoms. The van der Waals surface area contributed by atoms with Crippen molar-refractivity contribution in [2.45, 2.75) is 33.0 Å². The standard InChI is InChI=1S/C12H18BrN3O2/c1-7-5-16(6-8(2)18-7)12(17)11-10(13)9(3)15(4)14-11/h7-8H,5-6H2,1-4H3. The highest BCUT2D eigenvalue weighted by Crippen LogP contribution is 2.23. The minimum atomic E-state index is -0.0347. The van der Waals surface area contributed by atoms with Crippen LogP contribution in [0.4, 0.5) is 0 Å². The summed E-state index contributed by atoms with van der Waals surface area (Å²) in [6.07, 6.45) is 0.141. The molecule has 1 amide bonds. The van der Waals surface area contributed by atoms with E-state index in [1.807, 2.05) is 32.7 Å². The van der Waals surface area contributed by atoms with Crippen LogP contribution in [0.2, 0.25) is 0 Å². The van der Waals surface area contributed by atoms with Crippen LogP contribution in [0.15, 0.2) is 4.47 Å². The van der Waals surface area contributed by atoms with Gasteiger partial charge in [0, 0.05) is 20.1 Å². The first-order chi connectivity index (χ1) is 8.40. The predicted molar refractivity (Wildman–Crippen MR) is 71.6 cm³/mol. The van der Waals surface area contributed by atoms with Gasteiger partial charge in [-0.05, 0) is 36.7 Å². The number of carbonyl (C=O) groups is 1. The van der Waals surface area contributed by atoms with Crippen LogP contribution in [0, 0.1) is 6.92 Å². The van der Waals surface area contributed by atoms with Gasteiger partial charge in [0.25, 0.3) is 5.91 Å². The molecule has 100 valence electrons. The molecule has 5 nitrogen and oxygen atoms in total. The molecular formula is C12H18BrN3O2. The Hall–Kier alpha value is -0.880. The summed E-state index contributed by atoms with van der Waals surface area (Å²) < 4.78 is 8.12. The van der Waals surface area contributed by atoms with Crippen LogP contribution < -0.4 is 0 Å². The van der Waals surface area contributed by atoms with Gasteiger partial charge < -0.3 is 9.64 Å². The summed E-state index contributed by atoms with van der Waals surface area (Å²) >= 11 is 3.44. The summed E-state index contributed by atoms with van der Waals surface area (Å²) in [7, 11) is 1.83. The number of rotatable bonds is 1. The zero-order chi connectivity index (χ0) is 13.4. The number of amides is 1. The van der Waals surface area contributed by atoms with Gasteiger partial charge in [-0.2, -0.15) is 5.10 Å². The van der Waals surface area contributed by atoms with Crippen LogP contribution in [0.1, 0.15) is 30.0 Å². The molecule has 0 saturated carbocycles. The Balaban J connectivity index is 2.23. The number of aromatic nitrogens is 2. The molecule has 18 heavy (non-hydrogen) atoms. The molecule has 1 aromatic rings. The maximum atomic E-state index is 12.4. The Labute approximate surface area is 115 Å². The number of aryl methyl sites for hydroxylation is 1. The molecule has 0 N–H and O–H groups in total. The highest BCUT2D eigenvalue weighted by molar-refractivity contribution is 9.10. The number of hydrogen-bond acceptors (Lipinski definition) is 3. The zero-order valence-electron chi connectivity index (χ0n) is 11.1. The summed E-state index contributed by atoms with van der Waals surface area (Å²) in [4.78, 5) is 14.3. The van der Waals surface area contributed by atoms with Crippen LogP contribution in [0.25, 0.3) is 0 Å². The second-order valence-electron chi connectivity index (χ2n) is 4.84. The zero-order valence-corrected chi connectivity index (χ0v) is 12.7. The second-order valence-corrected chi connectivity index (χ2v) is 5.63. The molecule has 0 aromatic carbocycles. The summed E-state index contributed by atoms with van der Waals surface area (Å²) in [6.45, 7) is 7.12. The van der Waals surface area contributed by atoms with Crippen molar-refractivity contribution in [3.8, 4) is 0 Å². The summed E-state index contributed by atoms with van der Waals surface area (Å²) in [5, 5.41) is 4.27. The van der Waals surface area contributed by atoms with Gasteiger partial charge in [-0.3, -0.25) is 9.48 Å². The van der Waals surface area contributed by atoms with E-state index in [0.29, 0.717) is 18.8 Å². The quantitative estimate of drug-likeness (QED) is 0.793. The third-order valence-corrected chi connectivity index (χ3v) is 4.12. The van der Waals surface area contributed by atoms with Crippen LogP contribution in [0.5, 0.6) is 0 Å². The monoisotopic (exact) mass is 315 g/mol. The van der Waals surface area contributed by atoms with Gasteiger partial charge in [-0.15, -0.1) is 0 Å². The van der Waals surface area contributed by atoms with E-state index in [0.717, 1.165) is 10.2 Å². The van der Waals surface area contributed by atoms with Gasteiger partial charge in [-0.25, -0.2) is 0 Å². The molecule has 2 atom stereocenters. The van der Waals surface area contributed by atoms with Gasteiger partial charge in [0.15, 0.2) is 5.69 Å². The van der Waals surface area contributed by atoms with E-state index in [-0.39, 0.29) is 18.1 Å². The number of ether oxygens (including phenoxy) is 1. The van der Waals surface area contributed by atoms with Crippen LogP contribution in [-0.4, -0.2) is 45.9 Å². The van der Waals surface area contributed by atoms with E-state index in [9.17, 15) is 4.79 Å². The number of morpholine rings is 1. The van der Waals surface area contributed by atoms with Crippen molar-refractivity contribution in [2.24, 2.45) is 7.05 Å². The van der Waals surface area contributed by atoms with E-state index < -0.39 is 0 Å². The lowest BCUT2D eigenvalue weighted by atomic mass is 10.2. The molecule has 2 heterocycles. The number of halogens is 1. The minimum absolute atomic E-state index is 0.0347. The van der Waals surface area contributed by atoms with Crippen molar-refractivity contribution in [3.05, 3.63) is 15.9 Å². The molecule has 1 aromatic heterocycles. The van der Waals surface area contributed by atoms with E-state index in [1.165, 1.54) is 0 Å². The molecule has 1 aliphatic heterocycles. The fraction of sp³-hybridized carbons (Fsp3) is 0.667. The Kier molecular flexibility index (Phi) is 3.77. The Morgan fingerprint density at radius 3 is 2.39 bits per heavy atom. The molecule has 0 aliphatic carbocycles. The SMILES string of the molecule is Cc1c(Br)c(C(=O)N2CC(C)OC(C)C2)nn1C. The largest absolute Gasteiger partial charge is 0.372 e. The minimum Gasteiger partial charge on any atom is -0.372 e. The molecule has 0 radical (unpaired) electrons. The number of carbonyl (C=O) groups excluding carboxylic acids is 1. The van der Waals surface area contributed by atoms with Crippen molar-refractivity contribution >= 4 is 21.8 Å². The van der Waals surface area contributed by atoms with Gasteiger partial charge in [0.05, 0.1) is 22.4 Å². The molecule has 1 fully saturated rings. The average Bonchev–Trinajstić information content (AvgIpc) is 2.55. The van der Waals surface area contributed by atoms with Crippen molar-refractivity contribution in [1.82, 2.24) is 14.7 Å². The first-order valence-electron chi connectivity index (χ1n) is 6.04. The smallest absolute Gasteiger partial charge is 0.275 e. The van der Waals surface area contributed by atoms with Gasteiger partial charge in [0.2, 0.25) is 0 Å². The third kappa shape index (κ3) is 2.44. The Bertz CT molecular complexity index is 462. The summed E-state index contributed by atoms with van der Waals surface area (Å²) in [5.74, 6) is -0.0347. The fourth-order valence-corrected chi connectivity index (χ4v) is 2.72. The second kappa shape index (κ2) is 5.01. The predicted octanol–water partition coefficient (Wildman–Crippen LogP) is 1.74. The van der Waals surface area contributed by atoms with Crippen LogP contribution in [-0.2, 0) is 11.8 Å². The molecule has 1 saturated heterocycles. The van der Waals surface area contributed by atoms with Crippen molar-refractivity contribution < 1.29 is 9.53 Å². The third-order valence-electron chi connectivity index (χ3n) is 3.17. The van der Waals surface area contributed by atoms with Gasteiger partial charge >= 0.3 is 0 Å². The molecule has 2 unspecified atom stereocenters. The topological polar surface area (TPSA) is 47.4 Å². The number of nitrogens with zero attached hydrogens (tertiary/aromatic N) is 3. The van der Waals surface area contributed by atoms with E-state index in [1.54, 1.807) is 4.68 Å². The normalized spacial score (nSPS) is 24.4. The molecule has 0 spiro atoms. The molecule has 1 aliphatic rings. The maximum absolute atomic E-state index is 12.4. The van der Waals surface area contributed by atoms with Crippen LogP contribution >= 0.6 is 15.9 Å². The first-order valence-corrected chi connectivity index (χ1v) is 6.83. The van der Waals surface area contributed by atoms with E-state index in [2.05, 4.69) is 21.0 Å². The van der Waals surface area contributed by atoms with Gasteiger partial charge in [0.1, 0.15) is 0 Å². The first kappa shape index (κ1) is 13.5. The molecule has 0 bridgehead atoms. The van der Waals surface area contributed by atoms with Crippen molar-refractivity contribution in [3.63, 3.8) is 0 Å². The molecular weight excluding hydrogens is 298 g/mol. The van der Waals surface area contributed by atoms with E-state index >= 15 is 0 Å². The highest BCUT2D eigenvalue weighted by atomic mass is 79.9. The summed E-state index contributed by atoms with van der Waals surface area (Å²) in [6, 6.07) is 0. The Morgan fingerprint density at radius 1 is 1.39 bits per heavy atom. The number of hydrogen-bond donors (Lipinski definition) is 0. The van der Waals surface area contributed by atoms with Crippen molar-refractivity contribution in [1.29, 1.82) is 0 Å². The van der Waals surface area contributed by atoms with Gasteiger partial charge in [-0.1, -0.05) is 0 Å². The van der Waals surface area contributed by atoms with Crippen LogP contribution in [0.3, 0.4) is 0 Å². The Morgan fingerprint density at radius 2 is 1.94 bits per heavy atom. The van der Waals surface area contributed by atoms with Crippen molar-refractivity contribution in [2.75, 3.05) is 13.1 Å². The summed E-state index contributed by atoms with van der Waals surface area (Å²) in [5.41, 5.74) is 1.43. The average molecular weight is 316 g/mol. The highest BCUT2D eigenvalue weighted by Gasteiger charge is 2.29. The lowest BCUT2D eigenvalue weighted by Crippen LogP contribution is -2.48. The lowest BCUT2D eigenvalue weighted by molar-refractivity contribution is -0.0587. The van der Waals surface area contributed by atoms with E-state index in [4.69, 9.17) is 4.74 Å². The molecule has 2 rings (SSSR count). The maximum Gasteiger partial charge on any atom is 0.275 e.